The Bertz CT molecular complexity index is 1370. The lowest BCUT2D eigenvalue weighted by Gasteiger charge is -2.18. The Kier molecular flexibility index (Phi) is 7.07. The summed E-state index contributed by atoms with van der Waals surface area (Å²) in [5, 5.41) is 0.183. The quantitative estimate of drug-likeness (QED) is 0.270. The summed E-state index contributed by atoms with van der Waals surface area (Å²) in [5.41, 5.74) is 0.509. The second kappa shape index (κ2) is 10.2. The summed E-state index contributed by atoms with van der Waals surface area (Å²) in [6.45, 7) is 0.150. The van der Waals surface area contributed by atoms with Gasteiger partial charge in [0.05, 0.1) is 36.5 Å². The van der Waals surface area contributed by atoms with Gasteiger partial charge in [0.15, 0.2) is 16.6 Å². The monoisotopic (exact) mass is 498 g/mol. The Hall–Kier alpha value is -3.85. The molecule has 0 saturated carbocycles. The van der Waals surface area contributed by atoms with Crippen LogP contribution in [0, 0.1) is 0 Å². The summed E-state index contributed by atoms with van der Waals surface area (Å²) in [5.74, 6) is 0.641. The fourth-order valence-electron chi connectivity index (χ4n) is 3.50. The number of aromatic nitrogens is 1. The standard InChI is InChI=1S/C26H21F3N2O3S/c1-33-20-13-11-17(15-21(20)34-2)12-14-23(32)31(16-18-7-4-3-5-8-18)25-30-24-19(26(27,28)29)9-6-10-22(24)35-25/h3-15H,16H2,1-2H3/b14-12+. The molecule has 0 unspecified atom stereocenters. The Balaban J connectivity index is 1.71. The highest BCUT2D eigenvalue weighted by atomic mass is 32.1. The summed E-state index contributed by atoms with van der Waals surface area (Å²) in [6.07, 6.45) is -1.58. The smallest absolute Gasteiger partial charge is 0.418 e. The molecule has 0 bridgehead atoms. The van der Waals surface area contributed by atoms with Crippen LogP contribution in [0.4, 0.5) is 18.3 Å². The predicted octanol–water partition coefficient (Wildman–Crippen LogP) is 6.58. The van der Waals surface area contributed by atoms with Gasteiger partial charge < -0.3 is 9.47 Å². The van der Waals surface area contributed by atoms with E-state index in [0.717, 1.165) is 23.0 Å². The van der Waals surface area contributed by atoms with Crippen LogP contribution in [0.1, 0.15) is 16.7 Å². The third-order valence-corrected chi connectivity index (χ3v) is 6.26. The summed E-state index contributed by atoms with van der Waals surface area (Å²) in [6, 6.07) is 18.3. The van der Waals surface area contributed by atoms with Crippen molar-refractivity contribution in [2.24, 2.45) is 0 Å². The van der Waals surface area contributed by atoms with Crippen molar-refractivity contribution in [2.45, 2.75) is 12.7 Å². The number of benzene rings is 3. The van der Waals surface area contributed by atoms with E-state index in [-0.39, 0.29) is 17.2 Å². The summed E-state index contributed by atoms with van der Waals surface area (Å²) >= 11 is 1.04. The lowest BCUT2D eigenvalue weighted by Crippen LogP contribution is -2.28. The van der Waals surface area contributed by atoms with E-state index in [2.05, 4.69) is 4.98 Å². The van der Waals surface area contributed by atoms with E-state index < -0.39 is 17.6 Å². The van der Waals surface area contributed by atoms with E-state index in [4.69, 9.17) is 9.47 Å². The molecule has 4 aromatic rings. The Morgan fingerprint density at radius 2 is 1.74 bits per heavy atom. The van der Waals surface area contributed by atoms with E-state index in [9.17, 15) is 18.0 Å². The molecule has 0 aliphatic carbocycles. The lowest BCUT2D eigenvalue weighted by molar-refractivity contribution is -0.136. The highest BCUT2D eigenvalue weighted by molar-refractivity contribution is 7.22. The molecule has 3 aromatic carbocycles. The average Bonchev–Trinajstić information content (AvgIpc) is 3.29. The molecule has 0 aliphatic heterocycles. The number of amides is 1. The van der Waals surface area contributed by atoms with Crippen LogP contribution in [0.15, 0.2) is 72.8 Å². The number of nitrogens with zero attached hydrogens (tertiary/aromatic N) is 2. The second-order valence-electron chi connectivity index (χ2n) is 7.50. The molecular formula is C26H21F3N2O3S. The van der Waals surface area contributed by atoms with Crippen molar-refractivity contribution in [1.29, 1.82) is 0 Å². The van der Waals surface area contributed by atoms with E-state index >= 15 is 0 Å². The first-order chi connectivity index (χ1) is 16.8. The van der Waals surface area contributed by atoms with Crippen LogP contribution in [-0.2, 0) is 17.5 Å². The van der Waals surface area contributed by atoms with Crippen LogP contribution < -0.4 is 14.4 Å². The average molecular weight is 499 g/mol. The van der Waals surface area contributed by atoms with Gasteiger partial charge >= 0.3 is 6.18 Å². The van der Waals surface area contributed by atoms with Gasteiger partial charge in [-0.1, -0.05) is 53.8 Å². The van der Waals surface area contributed by atoms with Crippen LogP contribution in [0.25, 0.3) is 16.3 Å². The lowest BCUT2D eigenvalue weighted by atomic mass is 10.1. The van der Waals surface area contributed by atoms with Crippen LogP contribution in [-0.4, -0.2) is 25.1 Å². The number of thiazole rings is 1. The zero-order valence-electron chi connectivity index (χ0n) is 18.9. The number of halogens is 3. The molecule has 180 valence electrons. The largest absolute Gasteiger partial charge is 0.493 e. The molecule has 9 heteroatoms. The van der Waals surface area contributed by atoms with Crippen molar-refractivity contribution in [2.75, 3.05) is 19.1 Å². The normalized spacial score (nSPS) is 11.7. The number of carbonyl (C=O) groups is 1. The Labute approximate surface area is 204 Å². The molecule has 0 atom stereocenters. The minimum Gasteiger partial charge on any atom is -0.493 e. The summed E-state index contributed by atoms with van der Waals surface area (Å²) < 4.78 is 51.4. The van der Waals surface area contributed by atoms with Crippen molar-refractivity contribution in [1.82, 2.24) is 4.98 Å². The topological polar surface area (TPSA) is 51.7 Å². The molecule has 0 radical (unpaired) electrons. The van der Waals surface area contributed by atoms with Crippen molar-refractivity contribution in [3.63, 3.8) is 0 Å². The van der Waals surface area contributed by atoms with Crippen LogP contribution in [0.2, 0.25) is 0 Å². The van der Waals surface area contributed by atoms with E-state index in [0.29, 0.717) is 21.8 Å². The fraction of sp³-hybridized carbons (Fsp3) is 0.154. The molecule has 5 nitrogen and oxygen atoms in total. The summed E-state index contributed by atoms with van der Waals surface area (Å²) in [4.78, 5) is 18.9. The SMILES string of the molecule is COc1ccc(/C=C/C(=O)N(Cc2ccccc2)c2nc3c(C(F)(F)F)cccc3s2)cc1OC. The molecule has 1 aromatic heterocycles. The Morgan fingerprint density at radius 3 is 2.43 bits per heavy atom. The van der Waals surface area contributed by atoms with Crippen molar-refractivity contribution < 1.29 is 27.4 Å². The minimum atomic E-state index is -4.55. The van der Waals surface area contributed by atoms with Crippen molar-refractivity contribution in [3.8, 4) is 11.5 Å². The van der Waals surface area contributed by atoms with Gasteiger partial charge in [-0.05, 0) is 41.5 Å². The molecular weight excluding hydrogens is 477 g/mol. The number of ether oxygens (including phenoxy) is 2. The minimum absolute atomic E-state index is 0.150. The molecule has 0 fully saturated rings. The molecule has 0 aliphatic rings. The third kappa shape index (κ3) is 5.46. The summed E-state index contributed by atoms with van der Waals surface area (Å²) in [7, 11) is 3.04. The number of carbonyl (C=O) groups excluding carboxylic acids is 1. The number of anilines is 1. The zero-order chi connectivity index (χ0) is 25.0. The maximum absolute atomic E-state index is 13.5. The number of para-hydroxylation sites is 1. The van der Waals surface area contributed by atoms with E-state index in [1.165, 1.54) is 31.3 Å². The number of methoxy groups -OCH3 is 2. The second-order valence-corrected chi connectivity index (χ2v) is 8.51. The van der Waals surface area contributed by atoms with Gasteiger partial charge in [-0.2, -0.15) is 13.2 Å². The number of fused-ring (bicyclic) bond motifs is 1. The molecule has 35 heavy (non-hydrogen) atoms. The van der Waals surface area contributed by atoms with Gasteiger partial charge in [0.1, 0.15) is 0 Å². The third-order valence-electron chi connectivity index (χ3n) is 5.22. The number of hydrogen-bond acceptors (Lipinski definition) is 5. The first-order valence-corrected chi connectivity index (χ1v) is 11.3. The molecule has 0 saturated heterocycles. The van der Waals surface area contributed by atoms with Crippen LogP contribution >= 0.6 is 11.3 Å². The van der Waals surface area contributed by atoms with Crippen LogP contribution in [0.5, 0.6) is 11.5 Å². The fourth-order valence-corrected chi connectivity index (χ4v) is 4.50. The highest BCUT2D eigenvalue weighted by Gasteiger charge is 2.34. The van der Waals surface area contributed by atoms with E-state index in [1.807, 2.05) is 30.3 Å². The maximum Gasteiger partial charge on any atom is 0.418 e. The first kappa shape index (κ1) is 24.3. The first-order valence-electron chi connectivity index (χ1n) is 10.5. The van der Waals surface area contributed by atoms with Gasteiger partial charge in [-0.25, -0.2) is 4.98 Å². The van der Waals surface area contributed by atoms with Gasteiger partial charge in [0, 0.05) is 6.08 Å². The van der Waals surface area contributed by atoms with Crippen molar-refractivity contribution >= 4 is 38.7 Å². The van der Waals surface area contributed by atoms with Gasteiger partial charge in [0.25, 0.3) is 5.91 Å². The van der Waals surface area contributed by atoms with Gasteiger partial charge in [-0.15, -0.1) is 0 Å². The molecule has 0 spiro atoms. The zero-order valence-corrected chi connectivity index (χ0v) is 19.7. The predicted molar refractivity (Wildman–Crippen MR) is 131 cm³/mol. The molecule has 0 N–H and O–H groups in total. The molecule has 1 heterocycles. The number of hydrogen-bond donors (Lipinski definition) is 0. The molecule has 1 amide bonds. The van der Waals surface area contributed by atoms with Gasteiger partial charge in [0.2, 0.25) is 0 Å². The van der Waals surface area contributed by atoms with Gasteiger partial charge in [-0.3, -0.25) is 9.69 Å². The Morgan fingerprint density at radius 1 is 1.00 bits per heavy atom. The van der Waals surface area contributed by atoms with E-state index in [1.54, 1.807) is 30.3 Å². The van der Waals surface area contributed by atoms with Crippen LogP contribution in [0.3, 0.4) is 0 Å². The highest BCUT2D eigenvalue weighted by Crippen LogP contribution is 2.39. The maximum atomic E-state index is 13.5. The number of alkyl halides is 3. The molecule has 4 rings (SSSR count). The number of rotatable bonds is 7. The van der Waals surface area contributed by atoms with Crippen molar-refractivity contribution in [3.05, 3.63) is 89.5 Å².